The molecule has 11 heteroatoms. The van der Waals surface area contributed by atoms with Crippen LogP contribution in [-0.2, 0) is 32.6 Å². The van der Waals surface area contributed by atoms with E-state index in [2.05, 4.69) is 5.32 Å². The quantitative estimate of drug-likeness (QED) is 0.159. The topological polar surface area (TPSA) is 86.8 Å². The van der Waals surface area contributed by atoms with Crippen LogP contribution in [0.15, 0.2) is 108 Å². The average molecular weight is 687 g/mol. The van der Waals surface area contributed by atoms with Gasteiger partial charge in [-0.05, 0) is 66.9 Å². The summed E-state index contributed by atoms with van der Waals surface area (Å²) in [6.45, 7) is 3.20. The summed E-state index contributed by atoms with van der Waals surface area (Å²) in [4.78, 5) is 29.8. The van der Waals surface area contributed by atoms with Crippen LogP contribution in [0.3, 0.4) is 0 Å². The molecule has 2 unspecified atom stereocenters. The molecule has 0 aromatic heterocycles. The fraction of sp³-hybridized carbons (Fsp3) is 0.235. The summed E-state index contributed by atoms with van der Waals surface area (Å²) in [5.41, 5.74) is 1.58. The molecule has 45 heavy (non-hydrogen) atoms. The molecule has 2 amide bonds. The van der Waals surface area contributed by atoms with Gasteiger partial charge in [-0.3, -0.25) is 13.9 Å². The minimum Gasteiger partial charge on any atom is -0.352 e. The lowest BCUT2D eigenvalue weighted by molar-refractivity contribution is -0.140. The summed E-state index contributed by atoms with van der Waals surface area (Å²) >= 11 is 19.0. The number of sulfonamides is 1. The van der Waals surface area contributed by atoms with Crippen molar-refractivity contribution in [2.24, 2.45) is 0 Å². The van der Waals surface area contributed by atoms with Crippen molar-refractivity contribution in [1.82, 2.24) is 10.2 Å². The summed E-state index contributed by atoms with van der Waals surface area (Å²) in [7, 11) is -4.29. The molecule has 0 radical (unpaired) electrons. The number of hydrogen-bond acceptors (Lipinski definition) is 4. The molecule has 0 spiro atoms. The molecule has 4 aromatic rings. The highest BCUT2D eigenvalue weighted by molar-refractivity contribution is 7.92. The average Bonchev–Trinajstić information content (AvgIpc) is 3.02. The van der Waals surface area contributed by atoms with Gasteiger partial charge in [-0.2, -0.15) is 0 Å². The zero-order valence-corrected chi connectivity index (χ0v) is 28.0. The van der Waals surface area contributed by atoms with Gasteiger partial charge < -0.3 is 10.2 Å². The fourth-order valence-electron chi connectivity index (χ4n) is 4.74. The van der Waals surface area contributed by atoms with E-state index in [1.54, 1.807) is 42.5 Å². The SMILES string of the molecule is CCC(C)NC(=O)C(Cc1ccccc1)N(Cc1cccc(Cl)c1)C(=O)CN(c1ccc(Cl)cc1Cl)S(=O)(=O)c1ccccc1. The van der Waals surface area contributed by atoms with Crippen molar-refractivity contribution in [3.63, 3.8) is 0 Å². The van der Waals surface area contributed by atoms with E-state index in [-0.39, 0.29) is 40.5 Å². The first-order valence-corrected chi connectivity index (χ1v) is 17.0. The molecular formula is C34H34Cl3N3O4S. The third-order valence-corrected chi connectivity index (χ3v) is 9.85. The van der Waals surface area contributed by atoms with E-state index in [0.29, 0.717) is 22.0 Å². The molecule has 0 fully saturated rings. The third-order valence-electron chi connectivity index (χ3n) is 7.30. The summed E-state index contributed by atoms with van der Waals surface area (Å²) in [5.74, 6) is -0.966. The van der Waals surface area contributed by atoms with E-state index < -0.39 is 28.5 Å². The summed E-state index contributed by atoms with van der Waals surface area (Å²) in [6.07, 6.45) is 0.882. The van der Waals surface area contributed by atoms with Crippen LogP contribution in [0.25, 0.3) is 0 Å². The van der Waals surface area contributed by atoms with Crippen molar-refractivity contribution in [3.05, 3.63) is 129 Å². The lowest BCUT2D eigenvalue weighted by atomic mass is 10.0. The minimum atomic E-state index is -4.29. The lowest BCUT2D eigenvalue weighted by Gasteiger charge is -2.34. The fourth-order valence-corrected chi connectivity index (χ4v) is 6.97. The van der Waals surface area contributed by atoms with Crippen LogP contribution in [0, 0.1) is 0 Å². The summed E-state index contributed by atoms with van der Waals surface area (Å²) in [6, 6.07) is 27.3. The van der Waals surface area contributed by atoms with E-state index in [1.807, 2.05) is 44.2 Å². The van der Waals surface area contributed by atoms with Gasteiger partial charge in [0.2, 0.25) is 11.8 Å². The minimum absolute atomic E-state index is 0.00159. The van der Waals surface area contributed by atoms with Gasteiger partial charge in [0, 0.05) is 29.1 Å². The number of amides is 2. The third kappa shape index (κ3) is 9.01. The number of rotatable bonds is 13. The Labute approximate surface area is 279 Å². The van der Waals surface area contributed by atoms with Crippen molar-refractivity contribution < 1.29 is 18.0 Å². The predicted octanol–water partition coefficient (Wildman–Crippen LogP) is 7.40. The molecule has 2 atom stereocenters. The van der Waals surface area contributed by atoms with Crippen molar-refractivity contribution in [1.29, 1.82) is 0 Å². The maximum Gasteiger partial charge on any atom is 0.264 e. The standard InChI is InChI=1S/C34H34Cl3N3O4S/c1-3-24(2)38-34(42)32(20-25-11-6-4-7-12-25)39(22-26-13-10-14-27(35)19-26)33(41)23-40(31-18-17-28(36)21-30(31)37)45(43,44)29-15-8-5-9-16-29/h4-19,21,24,32H,3,20,22-23H2,1-2H3,(H,38,42). The molecule has 0 saturated heterocycles. The van der Waals surface area contributed by atoms with E-state index in [1.165, 1.54) is 35.2 Å². The number of halogens is 3. The molecule has 0 heterocycles. The van der Waals surface area contributed by atoms with Crippen LogP contribution >= 0.6 is 34.8 Å². The monoisotopic (exact) mass is 685 g/mol. The van der Waals surface area contributed by atoms with E-state index in [0.717, 1.165) is 9.87 Å². The Kier molecular flexibility index (Phi) is 11.9. The Hall–Kier alpha value is -3.56. The van der Waals surface area contributed by atoms with Crippen molar-refractivity contribution >= 4 is 62.3 Å². The Morgan fingerprint density at radius 2 is 1.42 bits per heavy atom. The second-order valence-electron chi connectivity index (χ2n) is 10.6. The van der Waals surface area contributed by atoms with Gasteiger partial charge in [-0.1, -0.05) is 102 Å². The molecule has 0 aliphatic rings. The molecule has 1 N–H and O–H groups in total. The van der Waals surface area contributed by atoms with Gasteiger partial charge in [-0.25, -0.2) is 8.42 Å². The van der Waals surface area contributed by atoms with Crippen LogP contribution in [0.4, 0.5) is 5.69 Å². The molecule has 0 aliphatic heterocycles. The number of benzene rings is 4. The van der Waals surface area contributed by atoms with Gasteiger partial charge >= 0.3 is 0 Å². The Morgan fingerprint density at radius 1 is 0.800 bits per heavy atom. The first kappa shape index (κ1) is 34.3. The largest absolute Gasteiger partial charge is 0.352 e. The van der Waals surface area contributed by atoms with Gasteiger partial charge in [-0.15, -0.1) is 0 Å². The molecule has 0 aliphatic carbocycles. The lowest BCUT2D eigenvalue weighted by Crippen LogP contribution is -2.54. The van der Waals surface area contributed by atoms with E-state index in [4.69, 9.17) is 34.8 Å². The Bertz CT molecular complexity index is 1720. The Morgan fingerprint density at radius 3 is 2.04 bits per heavy atom. The number of hydrogen-bond donors (Lipinski definition) is 1. The van der Waals surface area contributed by atoms with Gasteiger partial charge in [0.05, 0.1) is 15.6 Å². The van der Waals surface area contributed by atoms with Gasteiger partial charge in [0.15, 0.2) is 0 Å². The molecule has 0 saturated carbocycles. The number of carbonyl (C=O) groups is 2. The molecule has 4 aromatic carbocycles. The maximum atomic E-state index is 14.5. The highest BCUT2D eigenvalue weighted by atomic mass is 35.5. The van der Waals surface area contributed by atoms with Crippen LogP contribution < -0.4 is 9.62 Å². The number of anilines is 1. The number of nitrogens with one attached hydrogen (secondary N) is 1. The zero-order chi connectivity index (χ0) is 32.6. The molecule has 4 rings (SSSR count). The molecular weight excluding hydrogens is 653 g/mol. The van der Waals surface area contributed by atoms with Gasteiger partial charge in [0.25, 0.3) is 10.0 Å². The second-order valence-corrected chi connectivity index (χ2v) is 13.7. The second kappa shape index (κ2) is 15.6. The van der Waals surface area contributed by atoms with E-state index in [9.17, 15) is 18.0 Å². The smallest absolute Gasteiger partial charge is 0.264 e. The highest BCUT2D eigenvalue weighted by Gasteiger charge is 2.35. The highest BCUT2D eigenvalue weighted by Crippen LogP contribution is 2.33. The summed E-state index contributed by atoms with van der Waals surface area (Å²) in [5, 5.41) is 3.83. The van der Waals surface area contributed by atoms with Crippen molar-refractivity contribution in [2.75, 3.05) is 10.8 Å². The van der Waals surface area contributed by atoms with Crippen molar-refractivity contribution in [3.8, 4) is 0 Å². The first-order chi connectivity index (χ1) is 21.5. The van der Waals surface area contributed by atoms with Crippen LogP contribution in [-0.4, -0.2) is 43.8 Å². The first-order valence-electron chi connectivity index (χ1n) is 14.4. The van der Waals surface area contributed by atoms with Crippen LogP contribution in [0.2, 0.25) is 15.1 Å². The number of nitrogens with zero attached hydrogens (tertiary/aromatic N) is 2. The van der Waals surface area contributed by atoms with Crippen LogP contribution in [0.5, 0.6) is 0 Å². The molecule has 236 valence electrons. The van der Waals surface area contributed by atoms with Crippen molar-refractivity contribution in [2.45, 2.75) is 50.2 Å². The normalized spacial score (nSPS) is 12.6. The summed E-state index contributed by atoms with van der Waals surface area (Å²) < 4.78 is 29.1. The zero-order valence-electron chi connectivity index (χ0n) is 24.9. The molecule has 0 bridgehead atoms. The predicted molar refractivity (Wildman–Crippen MR) is 181 cm³/mol. The van der Waals surface area contributed by atoms with Crippen LogP contribution in [0.1, 0.15) is 31.4 Å². The van der Waals surface area contributed by atoms with Gasteiger partial charge in [0.1, 0.15) is 12.6 Å². The molecule has 7 nitrogen and oxygen atoms in total. The number of carbonyl (C=O) groups excluding carboxylic acids is 2. The Balaban J connectivity index is 1.83. The maximum absolute atomic E-state index is 14.5. The van der Waals surface area contributed by atoms with E-state index >= 15 is 0 Å².